The van der Waals surface area contributed by atoms with Gasteiger partial charge in [-0.2, -0.15) is 0 Å². The number of unbranched alkanes of at least 4 members (excludes halogenated alkanes) is 2. The minimum absolute atomic E-state index is 0.0818. The van der Waals surface area contributed by atoms with Crippen molar-refractivity contribution < 1.29 is 19.4 Å². The van der Waals surface area contributed by atoms with Gasteiger partial charge in [-0.15, -0.1) is 0 Å². The van der Waals surface area contributed by atoms with Crippen LogP contribution in [0.15, 0.2) is 54.4 Å². The number of aliphatic hydroxyl groups is 1. The van der Waals surface area contributed by atoms with E-state index >= 15 is 0 Å². The zero-order valence-corrected chi connectivity index (χ0v) is 19.0. The first-order valence-electron chi connectivity index (χ1n) is 11.0. The zero-order valence-electron chi connectivity index (χ0n) is 19.0. The molecule has 170 valence electrons. The first-order chi connectivity index (χ1) is 15.4. The van der Waals surface area contributed by atoms with Gasteiger partial charge >= 0.3 is 0 Å². The Labute approximate surface area is 189 Å². The van der Waals surface area contributed by atoms with Gasteiger partial charge in [0, 0.05) is 31.0 Å². The maximum atomic E-state index is 13.0. The highest BCUT2D eigenvalue weighted by molar-refractivity contribution is 6.46. The maximum absolute atomic E-state index is 13.0. The van der Waals surface area contributed by atoms with Gasteiger partial charge in [0.05, 0.1) is 18.2 Å². The molecule has 1 saturated heterocycles. The zero-order chi connectivity index (χ0) is 23.1. The number of hydrogen-bond acceptors (Lipinski definition) is 6. The molecule has 3 rings (SSSR count). The molecule has 1 aliphatic rings. The number of nitrogens with zero attached hydrogens (tertiary/aromatic N) is 3. The standard InChI is InChI=1S/C25H31N3O4/c1-4-5-6-16-32-20-11-9-18(10-12-20)23(29)21-22(19-8-7-13-26-17-19)28(15-14-27(2)3)25(31)24(21)30/h7-13,17,22,29H,4-6,14-16H2,1-3H3/b23-21-. The Hall–Kier alpha value is -3.19. The molecule has 1 N–H and O–H groups in total. The third-order valence-corrected chi connectivity index (χ3v) is 5.47. The minimum atomic E-state index is -0.686. The summed E-state index contributed by atoms with van der Waals surface area (Å²) >= 11 is 0. The number of benzene rings is 1. The second-order valence-electron chi connectivity index (χ2n) is 8.16. The van der Waals surface area contributed by atoms with Crippen LogP contribution in [0.25, 0.3) is 5.76 Å². The number of hydrogen-bond donors (Lipinski definition) is 1. The number of carbonyl (C=O) groups is 2. The Balaban J connectivity index is 1.93. The summed E-state index contributed by atoms with van der Waals surface area (Å²) in [6.07, 6.45) is 6.48. The number of aliphatic hydroxyl groups excluding tert-OH is 1. The summed E-state index contributed by atoms with van der Waals surface area (Å²) in [6.45, 7) is 3.73. The van der Waals surface area contributed by atoms with Crippen molar-refractivity contribution in [1.82, 2.24) is 14.8 Å². The molecule has 32 heavy (non-hydrogen) atoms. The molecule has 0 aliphatic carbocycles. The predicted octanol–water partition coefficient (Wildman–Crippen LogP) is 3.63. The number of ether oxygens (including phenoxy) is 1. The van der Waals surface area contributed by atoms with Crippen molar-refractivity contribution in [2.75, 3.05) is 33.8 Å². The Kier molecular flexibility index (Phi) is 8.00. The molecular weight excluding hydrogens is 406 g/mol. The molecule has 0 radical (unpaired) electrons. The highest BCUT2D eigenvalue weighted by atomic mass is 16.5. The molecule has 1 fully saturated rings. The van der Waals surface area contributed by atoms with Gasteiger partial charge in [0.25, 0.3) is 11.7 Å². The Bertz CT molecular complexity index is 955. The molecule has 0 spiro atoms. The van der Waals surface area contributed by atoms with E-state index in [1.165, 1.54) is 4.90 Å². The van der Waals surface area contributed by atoms with E-state index in [0.717, 1.165) is 19.3 Å². The van der Waals surface area contributed by atoms with Crippen molar-refractivity contribution in [3.05, 3.63) is 65.5 Å². The van der Waals surface area contributed by atoms with Crippen LogP contribution < -0.4 is 4.74 Å². The SMILES string of the molecule is CCCCCOc1ccc(/C(O)=C2/C(=O)C(=O)N(CCN(C)C)C2c2cccnc2)cc1. The molecule has 0 saturated carbocycles. The lowest BCUT2D eigenvalue weighted by atomic mass is 9.96. The van der Waals surface area contributed by atoms with Crippen LogP contribution in [0, 0.1) is 0 Å². The number of ketones is 1. The third-order valence-electron chi connectivity index (χ3n) is 5.47. The van der Waals surface area contributed by atoms with Crippen LogP contribution in [0.5, 0.6) is 5.75 Å². The number of likely N-dealkylation sites (tertiary alicyclic amines) is 1. The normalized spacial score (nSPS) is 17.9. The molecule has 2 aromatic rings. The highest BCUT2D eigenvalue weighted by Gasteiger charge is 2.45. The first kappa shape index (κ1) is 23.5. The highest BCUT2D eigenvalue weighted by Crippen LogP contribution is 2.39. The molecule has 1 unspecified atom stereocenters. The van der Waals surface area contributed by atoms with Gasteiger partial charge in [0.15, 0.2) is 0 Å². The summed E-state index contributed by atoms with van der Waals surface area (Å²) in [7, 11) is 3.81. The van der Waals surface area contributed by atoms with Crippen molar-refractivity contribution in [1.29, 1.82) is 0 Å². The fraction of sp³-hybridized carbons (Fsp3) is 0.400. The number of rotatable bonds is 10. The van der Waals surface area contributed by atoms with Crippen molar-refractivity contribution in [3.63, 3.8) is 0 Å². The van der Waals surface area contributed by atoms with Crippen molar-refractivity contribution in [3.8, 4) is 5.75 Å². The monoisotopic (exact) mass is 437 g/mol. The van der Waals surface area contributed by atoms with E-state index in [0.29, 0.717) is 36.6 Å². The average Bonchev–Trinajstić information content (AvgIpc) is 3.06. The lowest BCUT2D eigenvalue weighted by Crippen LogP contribution is -2.35. The number of Topliss-reactive ketones (excluding diaryl/α,β-unsaturated/α-hetero) is 1. The molecule has 1 amide bonds. The van der Waals surface area contributed by atoms with Crippen LogP contribution in [0.4, 0.5) is 0 Å². The van der Waals surface area contributed by atoms with E-state index in [9.17, 15) is 14.7 Å². The largest absolute Gasteiger partial charge is 0.507 e. The summed E-state index contributed by atoms with van der Waals surface area (Å²) in [5, 5.41) is 11.1. The summed E-state index contributed by atoms with van der Waals surface area (Å²) in [6, 6.07) is 9.83. The van der Waals surface area contributed by atoms with Crippen molar-refractivity contribution in [2.24, 2.45) is 0 Å². The molecular formula is C25H31N3O4. The number of likely N-dealkylation sites (N-methyl/N-ethyl adjacent to an activating group) is 1. The molecule has 1 aromatic heterocycles. The van der Waals surface area contributed by atoms with Crippen LogP contribution >= 0.6 is 0 Å². The fourth-order valence-electron chi connectivity index (χ4n) is 3.71. The fourth-order valence-corrected chi connectivity index (χ4v) is 3.71. The lowest BCUT2D eigenvalue weighted by molar-refractivity contribution is -0.140. The molecule has 0 bridgehead atoms. The topological polar surface area (TPSA) is 83.0 Å². The average molecular weight is 438 g/mol. The Morgan fingerprint density at radius 2 is 1.91 bits per heavy atom. The predicted molar refractivity (Wildman–Crippen MR) is 123 cm³/mol. The summed E-state index contributed by atoms with van der Waals surface area (Å²) in [4.78, 5) is 33.4. The van der Waals surface area contributed by atoms with E-state index < -0.39 is 17.7 Å². The van der Waals surface area contributed by atoms with Crippen LogP contribution in [-0.4, -0.2) is 65.4 Å². The van der Waals surface area contributed by atoms with E-state index in [1.807, 2.05) is 25.1 Å². The van der Waals surface area contributed by atoms with Crippen LogP contribution in [0.3, 0.4) is 0 Å². The Morgan fingerprint density at radius 1 is 1.16 bits per heavy atom. The quantitative estimate of drug-likeness (QED) is 0.265. The number of carbonyl (C=O) groups excluding carboxylic acids is 2. The van der Waals surface area contributed by atoms with Gasteiger partial charge in [-0.1, -0.05) is 25.8 Å². The summed E-state index contributed by atoms with van der Waals surface area (Å²) < 4.78 is 5.73. The van der Waals surface area contributed by atoms with Crippen LogP contribution in [0.2, 0.25) is 0 Å². The summed E-state index contributed by atoms with van der Waals surface area (Å²) in [5.74, 6) is -0.789. The van der Waals surface area contributed by atoms with Gasteiger partial charge < -0.3 is 19.6 Å². The van der Waals surface area contributed by atoms with Gasteiger partial charge in [-0.05, 0) is 56.4 Å². The van der Waals surface area contributed by atoms with Gasteiger partial charge in [-0.3, -0.25) is 14.6 Å². The molecule has 1 aromatic carbocycles. The van der Waals surface area contributed by atoms with E-state index in [-0.39, 0.29) is 11.3 Å². The van der Waals surface area contributed by atoms with E-state index in [1.54, 1.807) is 42.7 Å². The minimum Gasteiger partial charge on any atom is -0.507 e. The van der Waals surface area contributed by atoms with Crippen molar-refractivity contribution in [2.45, 2.75) is 32.2 Å². The first-order valence-corrected chi connectivity index (χ1v) is 11.0. The number of pyridine rings is 1. The molecule has 7 heteroatoms. The summed E-state index contributed by atoms with van der Waals surface area (Å²) in [5.41, 5.74) is 1.23. The van der Waals surface area contributed by atoms with Gasteiger partial charge in [0.2, 0.25) is 0 Å². The second kappa shape index (κ2) is 10.9. The van der Waals surface area contributed by atoms with E-state index in [2.05, 4.69) is 11.9 Å². The van der Waals surface area contributed by atoms with Crippen LogP contribution in [-0.2, 0) is 9.59 Å². The van der Waals surface area contributed by atoms with E-state index in [4.69, 9.17) is 4.74 Å². The number of aromatic nitrogens is 1. The van der Waals surface area contributed by atoms with Gasteiger partial charge in [-0.25, -0.2) is 0 Å². The molecule has 2 heterocycles. The van der Waals surface area contributed by atoms with Gasteiger partial charge in [0.1, 0.15) is 11.5 Å². The molecule has 1 atom stereocenters. The smallest absolute Gasteiger partial charge is 0.295 e. The maximum Gasteiger partial charge on any atom is 0.295 e. The lowest BCUT2D eigenvalue weighted by Gasteiger charge is -2.26. The Morgan fingerprint density at radius 3 is 2.53 bits per heavy atom. The molecule has 1 aliphatic heterocycles. The molecule has 7 nitrogen and oxygen atoms in total. The number of amides is 1. The van der Waals surface area contributed by atoms with Crippen LogP contribution in [0.1, 0.15) is 43.4 Å². The third kappa shape index (κ3) is 5.34. The van der Waals surface area contributed by atoms with Crippen molar-refractivity contribution >= 4 is 17.4 Å². The second-order valence-corrected chi connectivity index (χ2v) is 8.16.